The van der Waals surface area contributed by atoms with Gasteiger partial charge in [-0.15, -0.1) is 12.4 Å². The molecule has 2 rings (SSSR count). The summed E-state index contributed by atoms with van der Waals surface area (Å²) in [5.41, 5.74) is 6.09. The highest BCUT2D eigenvalue weighted by Gasteiger charge is 2.40. The third-order valence-corrected chi connectivity index (χ3v) is 4.74. The fourth-order valence-electron chi connectivity index (χ4n) is 2.95. The highest BCUT2D eigenvalue weighted by molar-refractivity contribution is 7.88. The van der Waals surface area contributed by atoms with Gasteiger partial charge in [0, 0.05) is 25.0 Å². The molecule has 1 saturated heterocycles. The van der Waals surface area contributed by atoms with E-state index in [-0.39, 0.29) is 30.3 Å². The molecule has 0 bridgehead atoms. The van der Waals surface area contributed by atoms with Gasteiger partial charge in [-0.3, -0.25) is 4.79 Å². The van der Waals surface area contributed by atoms with E-state index in [0.717, 1.165) is 11.8 Å². The second kappa shape index (κ2) is 7.17. The first-order chi connectivity index (χ1) is 10.1. The molecule has 0 aliphatic carbocycles. The summed E-state index contributed by atoms with van der Waals surface area (Å²) in [6.45, 7) is 4.06. The molecule has 1 aromatic rings. The van der Waals surface area contributed by atoms with E-state index in [4.69, 9.17) is 5.73 Å². The first kappa shape index (κ1) is 19.9. The van der Waals surface area contributed by atoms with Crippen LogP contribution in [-0.4, -0.2) is 50.2 Å². The molecule has 0 spiro atoms. The van der Waals surface area contributed by atoms with Crippen molar-refractivity contribution in [1.82, 2.24) is 9.62 Å². The second-order valence-electron chi connectivity index (χ2n) is 6.39. The SMILES string of the molecule is CC(C)(NS(C)(=O)=O)C(=O)N1C[C@@H](N)[C@H](c2ccccc2)C1.Cl. The molecule has 3 N–H and O–H groups in total. The summed E-state index contributed by atoms with van der Waals surface area (Å²) >= 11 is 0. The predicted octanol–water partition coefficient (Wildman–Crippen LogP) is 0.689. The maximum atomic E-state index is 12.6. The van der Waals surface area contributed by atoms with Crippen LogP contribution in [0.5, 0.6) is 0 Å². The molecule has 0 aromatic heterocycles. The average Bonchev–Trinajstić information content (AvgIpc) is 2.78. The zero-order valence-electron chi connectivity index (χ0n) is 13.5. The summed E-state index contributed by atoms with van der Waals surface area (Å²) in [5.74, 6) is -0.189. The summed E-state index contributed by atoms with van der Waals surface area (Å²) < 4.78 is 25.2. The molecule has 1 fully saturated rings. The van der Waals surface area contributed by atoms with Gasteiger partial charge in [0.2, 0.25) is 15.9 Å². The first-order valence-corrected chi connectivity index (χ1v) is 9.08. The van der Waals surface area contributed by atoms with Crippen LogP contribution in [-0.2, 0) is 14.8 Å². The number of hydrogen-bond donors (Lipinski definition) is 2. The first-order valence-electron chi connectivity index (χ1n) is 7.19. The highest BCUT2D eigenvalue weighted by Crippen LogP contribution is 2.28. The van der Waals surface area contributed by atoms with Crippen LogP contribution in [0.15, 0.2) is 30.3 Å². The normalized spacial score (nSPS) is 21.8. The van der Waals surface area contributed by atoms with Crippen LogP contribution in [0.2, 0.25) is 0 Å². The maximum Gasteiger partial charge on any atom is 0.243 e. The van der Waals surface area contributed by atoms with Gasteiger partial charge in [0.1, 0.15) is 5.54 Å². The van der Waals surface area contributed by atoms with Gasteiger partial charge >= 0.3 is 0 Å². The lowest BCUT2D eigenvalue weighted by Gasteiger charge is -2.29. The summed E-state index contributed by atoms with van der Waals surface area (Å²) in [6.07, 6.45) is 1.05. The Labute approximate surface area is 143 Å². The van der Waals surface area contributed by atoms with E-state index in [1.54, 1.807) is 18.7 Å². The number of amides is 1. The molecular weight excluding hydrogens is 338 g/mol. The van der Waals surface area contributed by atoms with Crippen molar-refractivity contribution in [3.8, 4) is 0 Å². The van der Waals surface area contributed by atoms with Gasteiger partial charge in [0.05, 0.1) is 6.26 Å². The van der Waals surface area contributed by atoms with E-state index in [9.17, 15) is 13.2 Å². The van der Waals surface area contributed by atoms with Crippen molar-refractivity contribution in [3.63, 3.8) is 0 Å². The van der Waals surface area contributed by atoms with Crippen molar-refractivity contribution in [2.24, 2.45) is 5.73 Å². The van der Waals surface area contributed by atoms with Crippen molar-refractivity contribution in [2.75, 3.05) is 19.3 Å². The van der Waals surface area contributed by atoms with E-state index in [1.165, 1.54) is 0 Å². The van der Waals surface area contributed by atoms with Crippen molar-refractivity contribution < 1.29 is 13.2 Å². The summed E-state index contributed by atoms with van der Waals surface area (Å²) in [7, 11) is -3.46. The third-order valence-electron chi connectivity index (χ3n) is 3.86. The minimum Gasteiger partial charge on any atom is -0.339 e. The van der Waals surface area contributed by atoms with Crippen LogP contribution in [0.1, 0.15) is 25.3 Å². The van der Waals surface area contributed by atoms with E-state index < -0.39 is 15.6 Å². The molecule has 1 heterocycles. The van der Waals surface area contributed by atoms with Crippen molar-refractivity contribution in [3.05, 3.63) is 35.9 Å². The number of halogens is 1. The van der Waals surface area contributed by atoms with Gasteiger partial charge in [-0.05, 0) is 19.4 Å². The molecule has 8 heteroatoms. The fraction of sp³-hybridized carbons (Fsp3) is 0.533. The second-order valence-corrected chi connectivity index (χ2v) is 8.14. The smallest absolute Gasteiger partial charge is 0.243 e. The number of benzene rings is 1. The molecule has 1 amide bonds. The zero-order valence-corrected chi connectivity index (χ0v) is 15.2. The molecule has 0 unspecified atom stereocenters. The van der Waals surface area contributed by atoms with Gasteiger partial charge in [-0.25, -0.2) is 13.1 Å². The quantitative estimate of drug-likeness (QED) is 0.825. The Balaban J connectivity index is 0.00000264. The van der Waals surface area contributed by atoms with Crippen LogP contribution >= 0.6 is 12.4 Å². The van der Waals surface area contributed by atoms with Crippen molar-refractivity contribution in [1.29, 1.82) is 0 Å². The number of nitrogens with two attached hydrogens (primary N) is 1. The Bertz CT molecular complexity index is 649. The van der Waals surface area contributed by atoms with Crippen LogP contribution < -0.4 is 10.5 Å². The number of carbonyl (C=O) groups is 1. The molecule has 0 radical (unpaired) electrons. The number of nitrogens with one attached hydrogen (secondary N) is 1. The van der Waals surface area contributed by atoms with Crippen LogP contribution in [0.4, 0.5) is 0 Å². The van der Waals surface area contributed by atoms with Crippen molar-refractivity contribution in [2.45, 2.75) is 31.3 Å². The lowest BCUT2D eigenvalue weighted by atomic mass is 9.95. The summed E-state index contributed by atoms with van der Waals surface area (Å²) in [4.78, 5) is 14.3. The molecule has 1 aliphatic heterocycles. The topological polar surface area (TPSA) is 92.5 Å². The minimum atomic E-state index is -3.46. The average molecular weight is 362 g/mol. The maximum absolute atomic E-state index is 12.6. The van der Waals surface area contributed by atoms with E-state index in [0.29, 0.717) is 13.1 Å². The van der Waals surface area contributed by atoms with Gasteiger partial charge < -0.3 is 10.6 Å². The molecule has 6 nitrogen and oxygen atoms in total. The standard InChI is InChI=1S/C15H23N3O3S.ClH/c1-15(2,17-22(3,20)21)14(19)18-9-12(13(16)10-18)11-7-5-4-6-8-11;/h4-8,12-13,17H,9-10,16H2,1-3H3;1H/t12-,13+;/m0./s1. The Hall–Kier alpha value is -1.15. The number of sulfonamides is 1. The van der Waals surface area contributed by atoms with Crippen molar-refractivity contribution >= 4 is 28.3 Å². The lowest BCUT2D eigenvalue weighted by Crippen LogP contribution is -2.55. The number of hydrogen-bond acceptors (Lipinski definition) is 4. The Kier molecular flexibility index (Phi) is 6.20. The lowest BCUT2D eigenvalue weighted by molar-refractivity contribution is -0.135. The number of likely N-dealkylation sites (tertiary alicyclic amines) is 1. The van der Waals surface area contributed by atoms with E-state index >= 15 is 0 Å². The van der Waals surface area contributed by atoms with Crippen LogP contribution in [0, 0.1) is 0 Å². The predicted molar refractivity (Wildman–Crippen MR) is 93.0 cm³/mol. The molecule has 1 aromatic carbocycles. The van der Waals surface area contributed by atoms with Gasteiger partial charge in [-0.2, -0.15) is 0 Å². The van der Waals surface area contributed by atoms with Gasteiger partial charge in [0.15, 0.2) is 0 Å². The fourth-order valence-corrected chi connectivity index (χ4v) is 3.96. The monoisotopic (exact) mass is 361 g/mol. The largest absolute Gasteiger partial charge is 0.339 e. The third kappa shape index (κ3) is 4.91. The summed E-state index contributed by atoms with van der Waals surface area (Å²) in [5, 5.41) is 0. The number of nitrogens with zero attached hydrogens (tertiary/aromatic N) is 1. The Morgan fingerprint density at radius 2 is 1.83 bits per heavy atom. The molecule has 23 heavy (non-hydrogen) atoms. The molecule has 1 aliphatic rings. The van der Waals surface area contributed by atoms with Gasteiger partial charge in [0.25, 0.3) is 0 Å². The van der Waals surface area contributed by atoms with E-state index in [2.05, 4.69) is 4.72 Å². The minimum absolute atomic E-state index is 0. The zero-order chi connectivity index (χ0) is 16.5. The molecule has 130 valence electrons. The molecular formula is C15H24ClN3O3S. The summed E-state index contributed by atoms with van der Waals surface area (Å²) in [6, 6.07) is 9.67. The van der Waals surface area contributed by atoms with Crippen LogP contribution in [0.3, 0.4) is 0 Å². The number of rotatable bonds is 4. The molecule has 0 saturated carbocycles. The Morgan fingerprint density at radius 1 is 1.26 bits per heavy atom. The highest BCUT2D eigenvalue weighted by atomic mass is 35.5. The van der Waals surface area contributed by atoms with Gasteiger partial charge in [-0.1, -0.05) is 30.3 Å². The Morgan fingerprint density at radius 3 is 2.35 bits per heavy atom. The van der Waals surface area contributed by atoms with Crippen LogP contribution in [0.25, 0.3) is 0 Å². The number of carbonyl (C=O) groups excluding carboxylic acids is 1. The molecule has 2 atom stereocenters. The van der Waals surface area contributed by atoms with E-state index in [1.807, 2.05) is 30.3 Å².